The Morgan fingerprint density at radius 2 is 1.36 bits per heavy atom. The van der Waals surface area contributed by atoms with Gasteiger partial charge in [-0.25, -0.2) is 0 Å². The normalized spacial score (nSPS) is 12.5. The maximum atomic E-state index is 6.59. The zero-order chi connectivity index (χ0) is 8.91. The van der Waals surface area contributed by atoms with E-state index >= 15 is 0 Å². The standard InChI is InChI=1S/C8H20ClGeN/c1-5-10(9,6-2)11(7-3)8-4/h5-8H2,1-4H3. The average molecular weight is 238 g/mol. The number of halogens is 1. The van der Waals surface area contributed by atoms with Crippen LogP contribution in [0.2, 0.25) is 10.5 Å². The fraction of sp³-hybridized carbons (Fsp3) is 1.00. The van der Waals surface area contributed by atoms with Gasteiger partial charge in [0.2, 0.25) is 0 Å². The van der Waals surface area contributed by atoms with E-state index in [-0.39, 0.29) is 0 Å². The van der Waals surface area contributed by atoms with Gasteiger partial charge in [0.25, 0.3) is 0 Å². The molecule has 0 N–H and O–H groups in total. The van der Waals surface area contributed by atoms with Gasteiger partial charge >= 0.3 is 77.7 Å². The molecule has 0 amide bonds. The fourth-order valence-electron chi connectivity index (χ4n) is 1.49. The van der Waals surface area contributed by atoms with E-state index in [9.17, 15) is 0 Å². The Morgan fingerprint density at radius 1 is 1.00 bits per heavy atom. The minimum absolute atomic E-state index is 1.13. The van der Waals surface area contributed by atoms with Gasteiger partial charge in [0, 0.05) is 0 Å². The van der Waals surface area contributed by atoms with E-state index in [1.165, 1.54) is 10.5 Å². The third kappa shape index (κ3) is 2.96. The van der Waals surface area contributed by atoms with Gasteiger partial charge in [0.05, 0.1) is 0 Å². The average Bonchev–Trinajstić information content (AvgIpc) is 2.06. The molecular formula is C8H20ClGeN. The Hall–Kier alpha value is 0.793. The first-order valence-electron chi connectivity index (χ1n) is 4.58. The summed E-state index contributed by atoms with van der Waals surface area (Å²) in [7, 11) is 6.59. The molecule has 0 radical (unpaired) electrons. The van der Waals surface area contributed by atoms with Crippen molar-refractivity contribution >= 4 is 22.6 Å². The van der Waals surface area contributed by atoms with Gasteiger partial charge in [0.1, 0.15) is 0 Å². The molecule has 0 aliphatic carbocycles. The Morgan fingerprint density at radius 3 is 1.45 bits per heavy atom. The molecule has 1 nitrogen and oxygen atoms in total. The molecule has 0 aliphatic rings. The van der Waals surface area contributed by atoms with Gasteiger partial charge in [-0.1, -0.05) is 0 Å². The number of nitrogens with zero attached hydrogens (tertiary/aromatic N) is 1. The van der Waals surface area contributed by atoms with Crippen LogP contribution in [-0.2, 0) is 0 Å². The van der Waals surface area contributed by atoms with E-state index in [0.717, 1.165) is 13.1 Å². The summed E-state index contributed by atoms with van der Waals surface area (Å²) in [6.45, 7) is 11.1. The molecule has 0 heterocycles. The molecule has 0 rings (SSSR count). The van der Waals surface area contributed by atoms with Gasteiger partial charge in [-0.15, -0.1) is 0 Å². The van der Waals surface area contributed by atoms with Crippen LogP contribution in [0.25, 0.3) is 0 Å². The van der Waals surface area contributed by atoms with Gasteiger partial charge < -0.3 is 0 Å². The van der Waals surface area contributed by atoms with Crippen LogP contribution < -0.4 is 0 Å². The number of hydrogen-bond donors (Lipinski definition) is 0. The summed E-state index contributed by atoms with van der Waals surface area (Å²) in [6.07, 6.45) is 0. The quantitative estimate of drug-likeness (QED) is 0.665. The third-order valence-electron chi connectivity index (χ3n) is 2.41. The molecular weight excluding hydrogens is 218 g/mol. The summed E-state index contributed by atoms with van der Waals surface area (Å²) in [5.74, 6) is 0. The second-order valence-electron chi connectivity index (χ2n) is 2.80. The predicted octanol–water partition coefficient (Wildman–Crippen LogP) is 3.05. The minimum atomic E-state index is -2.02. The van der Waals surface area contributed by atoms with Crippen LogP contribution in [-0.4, -0.2) is 29.5 Å². The molecule has 0 unspecified atom stereocenters. The molecule has 0 fully saturated rings. The Kier molecular flexibility index (Phi) is 5.83. The van der Waals surface area contributed by atoms with E-state index in [1.54, 1.807) is 0 Å². The van der Waals surface area contributed by atoms with Crippen LogP contribution in [0.5, 0.6) is 0 Å². The Bertz CT molecular complexity index is 100. The Balaban J connectivity index is 4.19. The van der Waals surface area contributed by atoms with E-state index in [0.29, 0.717) is 0 Å². The first-order chi connectivity index (χ1) is 5.14. The van der Waals surface area contributed by atoms with Gasteiger partial charge in [-0.05, 0) is 0 Å². The monoisotopic (exact) mass is 239 g/mol. The molecule has 68 valence electrons. The molecule has 0 aromatic carbocycles. The van der Waals surface area contributed by atoms with Crippen LogP contribution in [0.15, 0.2) is 0 Å². The molecule has 0 aromatic heterocycles. The topological polar surface area (TPSA) is 3.24 Å². The second kappa shape index (κ2) is 5.44. The number of rotatable bonds is 5. The van der Waals surface area contributed by atoms with Gasteiger partial charge in [-0.2, -0.15) is 0 Å². The van der Waals surface area contributed by atoms with Crippen molar-refractivity contribution in [3.63, 3.8) is 0 Å². The molecule has 0 bridgehead atoms. The van der Waals surface area contributed by atoms with E-state index < -0.39 is 12.6 Å². The molecule has 0 aromatic rings. The first kappa shape index (κ1) is 11.8. The summed E-state index contributed by atoms with van der Waals surface area (Å²) in [5.41, 5.74) is 0. The van der Waals surface area contributed by atoms with Crippen LogP contribution in [0.1, 0.15) is 27.7 Å². The van der Waals surface area contributed by atoms with Crippen LogP contribution in [0.4, 0.5) is 0 Å². The van der Waals surface area contributed by atoms with Crippen molar-refractivity contribution in [2.45, 2.75) is 38.2 Å². The van der Waals surface area contributed by atoms with Crippen molar-refractivity contribution < 1.29 is 0 Å². The zero-order valence-electron chi connectivity index (χ0n) is 8.15. The Labute approximate surface area is 77.9 Å². The zero-order valence-corrected chi connectivity index (χ0v) is 11.0. The summed E-state index contributed by atoms with van der Waals surface area (Å²) in [5, 5.41) is 2.42. The van der Waals surface area contributed by atoms with Gasteiger partial charge in [0.15, 0.2) is 0 Å². The summed E-state index contributed by atoms with van der Waals surface area (Å²) < 4.78 is 2.50. The summed E-state index contributed by atoms with van der Waals surface area (Å²) >= 11 is -2.02. The molecule has 0 saturated carbocycles. The second-order valence-corrected chi connectivity index (χ2v) is 14.6. The molecule has 0 aliphatic heterocycles. The predicted molar refractivity (Wildman–Crippen MR) is 55.5 cm³/mol. The van der Waals surface area contributed by atoms with E-state index in [4.69, 9.17) is 10.0 Å². The van der Waals surface area contributed by atoms with E-state index in [2.05, 4.69) is 31.6 Å². The van der Waals surface area contributed by atoms with Crippen molar-refractivity contribution in [3.8, 4) is 0 Å². The molecule has 3 heteroatoms. The van der Waals surface area contributed by atoms with Crippen molar-refractivity contribution in [1.29, 1.82) is 0 Å². The fourth-order valence-corrected chi connectivity index (χ4v) is 8.03. The molecule has 0 saturated heterocycles. The molecule has 0 atom stereocenters. The SMILES string of the molecule is CC[N](CC)[Ge]([Cl])([CH2]C)[CH2]C. The van der Waals surface area contributed by atoms with Crippen LogP contribution in [0, 0.1) is 0 Å². The van der Waals surface area contributed by atoms with Gasteiger partial charge in [-0.3, -0.25) is 0 Å². The third-order valence-corrected chi connectivity index (χ3v) is 14.7. The number of hydrogen-bond acceptors (Lipinski definition) is 1. The first-order valence-corrected chi connectivity index (χ1v) is 11.2. The van der Waals surface area contributed by atoms with Crippen molar-refractivity contribution in [2.75, 3.05) is 13.1 Å². The van der Waals surface area contributed by atoms with Crippen molar-refractivity contribution in [1.82, 2.24) is 3.86 Å². The molecule has 11 heavy (non-hydrogen) atoms. The summed E-state index contributed by atoms with van der Waals surface area (Å²) in [4.78, 5) is 0. The van der Waals surface area contributed by atoms with Crippen LogP contribution in [0.3, 0.4) is 0 Å². The maximum absolute atomic E-state index is 6.59. The summed E-state index contributed by atoms with van der Waals surface area (Å²) in [6, 6.07) is 0. The van der Waals surface area contributed by atoms with E-state index in [1.807, 2.05) is 0 Å². The molecule has 0 spiro atoms. The van der Waals surface area contributed by atoms with Crippen molar-refractivity contribution in [2.24, 2.45) is 0 Å². The van der Waals surface area contributed by atoms with Crippen LogP contribution >= 0.6 is 10.0 Å². The van der Waals surface area contributed by atoms with Crippen molar-refractivity contribution in [3.05, 3.63) is 0 Å².